The highest BCUT2D eigenvalue weighted by molar-refractivity contribution is 5.90. The number of anilines is 1. The highest BCUT2D eigenvalue weighted by Gasteiger charge is 2.10. The topological polar surface area (TPSA) is 117 Å². The van der Waals surface area contributed by atoms with Crippen LogP contribution in [0.25, 0.3) is 11.5 Å². The molecule has 0 radical (unpaired) electrons. The van der Waals surface area contributed by atoms with Gasteiger partial charge in [-0.05, 0) is 24.3 Å². The quantitative estimate of drug-likeness (QED) is 0.739. The number of hydrogen-bond acceptors (Lipinski definition) is 6. The summed E-state index contributed by atoms with van der Waals surface area (Å²) in [5.41, 5.74) is 0.979. The fraction of sp³-hybridized carbons (Fsp3) is 0.0625. The number of ether oxygens (including phenoxy) is 1. The van der Waals surface area contributed by atoms with E-state index in [0.29, 0.717) is 22.8 Å². The van der Waals surface area contributed by atoms with Crippen LogP contribution in [0.2, 0.25) is 0 Å². The number of nitrogens with one attached hydrogen (secondary N) is 2. The highest BCUT2D eigenvalue weighted by Crippen LogP contribution is 2.16. The number of aromatic nitrogens is 4. The summed E-state index contributed by atoms with van der Waals surface area (Å²) in [7, 11) is 0. The second-order valence-electron chi connectivity index (χ2n) is 4.68. The molecule has 2 N–H and O–H groups in total. The molecule has 0 spiro atoms. The SMILES string of the molecule is N#Cc1ccccc1OCC(=O)Nc1nnc(-c2ccccn2)[nH]1. The van der Waals surface area contributed by atoms with Crippen molar-refractivity contribution in [1.82, 2.24) is 20.2 Å². The Morgan fingerprint density at radius 1 is 1.21 bits per heavy atom. The van der Waals surface area contributed by atoms with E-state index in [1.807, 2.05) is 12.1 Å². The third-order valence-electron chi connectivity index (χ3n) is 3.02. The summed E-state index contributed by atoms with van der Waals surface area (Å²) < 4.78 is 5.34. The second kappa shape index (κ2) is 7.02. The molecule has 0 aliphatic heterocycles. The van der Waals surface area contributed by atoms with Crippen LogP contribution in [-0.2, 0) is 4.79 Å². The normalized spacial score (nSPS) is 9.96. The van der Waals surface area contributed by atoms with Gasteiger partial charge in [0.05, 0.1) is 5.56 Å². The van der Waals surface area contributed by atoms with Crippen LogP contribution in [0.4, 0.5) is 5.95 Å². The smallest absolute Gasteiger partial charge is 0.264 e. The van der Waals surface area contributed by atoms with Crippen molar-refractivity contribution in [2.24, 2.45) is 0 Å². The van der Waals surface area contributed by atoms with Gasteiger partial charge in [0.15, 0.2) is 12.4 Å². The number of pyridine rings is 1. The van der Waals surface area contributed by atoms with Crippen LogP contribution in [0.1, 0.15) is 5.56 Å². The van der Waals surface area contributed by atoms with E-state index in [-0.39, 0.29) is 12.6 Å². The van der Waals surface area contributed by atoms with Crippen LogP contribution in [0.5, 0.6) is 5.75 Å². The van der Waals surface area contributed by atoms with E-state index < -0.39 is 5.91 Å². The van der Waals surface area contributed by atoms with E-state index in [2.05, 4.69) is 25.5 Å². The fourth-order valence-corrected chi connectivity index (χ4v) is 1.93. The number of aromatic amines is 1. The van der Waals surface area contributed by atoms with Gasteiger partial charge in [0.2, 0.25) is 5.95 Å². The van der Waals surface area contributed by atoms with Crippen LogP contribution in [0.15, 0.2) is 48.7 Å². The van der Waals surface area contributed by atoms with Gasteiger partial charge in [0.1, 0.15) is 17.5 Å². The first-order valence-electron chi connectivity index (χ1n) is 7.02. The number of benzene rings is 1. The molecule has 0 atom stereocenters. The van der Waals surface area contributed by atoms with Gasteiger partial charge in [-0.3, -0.25) is 15.1 Å². The summed E-state index contributed by atoms with van der Waals surface area (Å²) in [6.45, 7) is -0.252. The predicted octanol–water partition coefficient (Wildman–Crippen LogP) is 1.76. The minimum Gasteiger partial charge on any atom is -0.482 e. The Morgan fingerprint density at radius 2 is 2.04 bits per heavy atom. The lowest BCUT2D eigenvalue weighted by Gasteiger charge is -2.06. The molecule has 0 saturated heterocycles. The summed E-state index contributed by atoms with van der Waals surface area (Å²) in [5, 5.41) is 19.3. The number of amides is 1. The largest absolute Gasteiger partial charge is 0.482 e. The molecule has 0 aliphatic rings. The highest BCUT2D eigenvalue weighted by atomic mass is 16.5. The predicted molar refractivity (Wildman–Crippen MR) is 84.9 cm³/mol. The van der Waals surface area contributed by atoms with Gasteiger partial charge in [-0.2, -0.15) is 5.26 Å². The van der Waals surface area contributed by atoms with Gasteiger partial charge in [-0.15, -0.1) is 10.2 Å². The van der Waals surface area contributed by atoms with Gasteiger partial charge >= 0.3 is 0 Å². The Labute approximate surface area is 137 Å². The van der Waals surface area contributed by atoms with Crippen molar-refractivity contribution >= 4 is 11.9 Å². The third kappa shape index (κ3) is 3.53. The number of carbonyl (C=O) groups excluding carboxylic acids is 1. The summed E-state index contributed by atoms with van der Waals surface area (Å²) in [4.78, 5) is 18.9. The van der Waals surface area contributed by atoms with Gasteiger partial charge < -0.3 is 9.72 Å². The number of rotatable bonds is 5. The maximum absolute atomic E-state index is 11.9. The van der Waals surface area contributed by atoms with Gasteiger partial charge in [-0.25, -0.2) is 0 Å². The first-order valence-corrected chi connectivity index (χ1v) is 7.02. The Balaban J connectivity index is 1.60. The van der Waals surface area contributed by atoms with Gasteiger partial charge in [0, 0.05) is 6.20 Å². The zero-order valence-corrected chi connectivity index (χ0v) is 12.4. The van der Waals surface area contributed by atoms with E-state index in [0.717, 1.165) is 0 Å². The van der Waals surface area contributed by atoms with E-state index in [1.165, 1.54) is 0 Å². The monoisotopic (exact) mass is 320 g/mol. The molecule has 0 fully saturated rings. The van der Waals surface area contributed by atoms with Crippen LogP contribution < -0.4 is 10.1 Å². The maximum atomic E-state index is 11.9. The third-order valence-corrected chi connectivity index (χ3v) is 3.02. The molecule has 1 aromatic carbocycles. The molecular formula is C16H12N6O2. The van der Waals surface area contributed by atoms with E-state index in [1.54, 1.807) is 42.6 Å². The fourth-order valence-electron chi connectivity index (χ4n) is 1.93. The van der Waals surface area contributed by atoms with Crippen LogP contribution >= 0.6 is 0 Å². The zero-order chi connectivity index (χ0) is 16.8. The van der Waals surface area contributed by atoms with Gasteiger partial charge in [-0.1, -0.05) is 18.2 Å². The maximum Gasteiger partial charge on any atom is 0.264 e. The molecule has 1 amide bonds. The van der Waals surface area contributed by atoms with Crippen molar-refractivity contribution in [2.75, 3.05) is 11.9 Å². The Morgan fingerprint density at radius 3 is 2.83 bits per heavy atom. The van der Waals surface area contributed by atoms with Crippen LogP contribution in [0.3, 0.4) is 0 Å². The molecule has 0 unspecified atom stereocenters. The van der Waals surface area contributed by atoms with E-state index >= 15 is 0 Å². The summed E-state index contributed by atoms with van der Waals surface area (Å²) in [6.07, 6.45) is 1.64. The summed E-state index contributed by atoms with van der Waals surface area (Å²) in [6, 6.07) is 14.1. The molecule has 2 aromatic heterocycles. The molecule has 2 heterocycles. The lowest BCUT2D eigenvalue weighted by atomic mass is 10.2. The Bertz CT molecular complexity index is 885. The first kappa shape index (κ1) is 15.2. The van der Waals surface area contributed by atoms with Gasteiger partial charge in [0.25, 0.3) is 5.91 Å². The van der Waals surface area contributed by atoms with E-state index in [4.69, 9.17) is 10.00 Å². The van der Waals surface area contributed by atoms with Crippen LogP contribution in [-0.4, -0.2) is 32.7 Å². The molecule has 118 valence electrons. The van der Waals surface area contributed by atoms with Crippen molar-refractivity contribution in [3.63, 3.8) is 0 Å². The zero-order valence-electron chi connectivity index (χ0n) is 12.4. The van der Waals surface area contributed by atoms with Crippen molar-refractivity contribution in [3.05, 3.63) is 54.2 Å². The number of carbonyl (C=O) groups is 1. The lowest BCUT2D eigenvalue weighted by Crippen LogP contribution is -2.21. The average Bonchev–Trinajstić information content (AvgIpc) is 3.09. The molecule has 0 bridgehead atoms. The molecule has 8 heteroatoms. The second-order valence-corrected chi connectivity index (χ2v) is 4.68. The molecule has 8 nitrogen and oxygen atoms in total. The number of hydrogen-bond donors (Lipinski definition) is 2. The average molecular weight is 320 g/mol. The van der Waals surface area contributed by atoms with Crippen LogP contribution in [0, 0.1) is 11.3 Å². The summed E-state index contributed by atoms with van der Waals surface area (Å²) >= 11 is 0. The molecule has 0 aliphatic carbocycles. The minimum atomic E-state index is -0.425. The van der Waals surface area contributed by atoms with Crippen molar-refractivity contribution in [1.29, 1.82) is 5.26 Å². The first-order chi connectivity index (χ1) is 11.8. The molecule has 0 saturated carbocycles. The van der Waals surface area contributed by atoms with E-state index in [9.17, 15) is 4.79 Å². The van der Waals surface area contributed by atoms with Crippen molar-refractivity contribution < 1.29 is 9.53 Å². The molecule has 3 aromatic rings. The number of H-pyrrole nitrogens is 1. The Kier molecular flexibility index (Phi) is 4.44. The standard InChI is InChI=1S/C16H12N6O2/c17-9-11-5-1-2-7-13(11)24-10-14(23)19-16-20-15(21-22-16)12-6-3-4-8-18-12/h1-8H,10H2,(H2,19,20,21,22,23). The molecule has 3 rings (SSSR count). The lowest BCUT2D eigenvalue weighted by molar-refractivity contribution is -0.118. The van der Waals surface area contributed by atoms with Crippen molar-refractivity contribution in [3.8, 4) is 23.3 Å². The molecule has 24 heavy (non-hydrogen) atoms. The number of nitriles is 1. The Hall–Kier alpha value is -3.73. The summed E-state index contributed by atoms with van der Waals surface area (Å²) in [5.74, 6) is 0.563. The molecular weight excluding hydrogens is 308 g/mol. The number of nitrogens with zero attached hydrogens (tertiary/aromatic N) is 4. The minimum absolute atomic E-state index is 0.192. The number of para-hydroxylation sites is 1. The van der Waals surface area contributed by atoms with Crippen molar-refractivity contribution in [2.45, 2.75) is 0 Å².